The van der Waals surface area contributed by atoms with Crippen LogP contribution in [0.5, 0.6) is 5.75 Å². The molecule has 3 N–H and O–H groups in total. The van der Waals surface area contributed by atoms with Gasteiger partial charge in [0.05, 0.1) is 12.1 Å². The second kappa shape index (κ2) is 5.44. The first-order chi connectivity index (χ1) is 8.31. The van der Waals surface area contributed by atoms with Crippen LogP contribution in [0, 0.1) is 0 Å². The molecule has 0 aliphatic heterocycles. The van der Waals surface area contributed by atoms with Gasteiger partial charge in [-0.05, 0) is 0 Å². The van der Waals surface area contributed by atoms with Crippen LogP contribution in [0.4, 0.5) is 11.6 Å². The highest BCUT2D eigenvalue weighted by Crippen LogP contribution is 2.25. The third kappa shape index (κ3) is 2.82. The number of methoxy groups -OCH3 is 1. The fourth-order valence-electron chi connectivity index (χ4n) is 1.38. The van der Waals surface area contributed by atoms with Gasteiger partial charge >= 0.3 is 0 Å². The minimum Gasteiger partial charge on any atom is -0.490 e. The van der Waals surface area contributed by atoms with E-state index in [0.29, 0.717) is 17.4 Å². The summed E-state index contributed by atoms with van der Waals surface area (Å²) >= 11 is 1.63. The molecular formula is C10H13N5OS. The van der Waals surface area contributed by atoms with Gasteiger partial charge in [0.2, 0.25) is 5.75 Å². The molecule has 0 atom stereocenters. The molecule has 0 unspecified atom stereocenters. The third-order valence-electron chi connectivity index (χ3n) is 2.15. The number of thiazole rings is 1. The molecule has 90 valence electrons. The van der Waals surface area contributed by atoms with Gasteiger partial charge in [0, 0.05) is 24.5 Å². The Morgan fingerprint density at radius 2 is 2.29 bits per heavy atom. The first-order valence-electron chi connectivity index (χ1n) is 5.08. The lowest BCUT2D eigenvalue weighted by atomic mass is 10.4. The zero-order valence-corrected chi connectivity index (χ0v) is 10.2. The Morgan fingerprint density at radius 3 is 3.00 bits per heavy atom. The van der Waals surface area contributed by atoms with Gasteiger partial charge in [0.1, 0.15) is 6.33 Å². The van der Waals surface area contributed by atoms with E-state index in [4.69, 9.17) is 10.5 Å². The fraction of sp³-hybridized carbons (Fsp3) is 0.300. The van der Waals surface area contributed by atoms with Crippen LogP contribution in [0.25, 0.3) is 0 Å². The normalized spacial score (nSPS) is 10.2. The summed E-state index contributed by atoms with van der Waals surface area (Å²) in [6.07, 6.45) is 4.04. The average Bonchev–Trinajstić information content (AvgIpc) is 2.82. The SMILES string of the molecule is COc1c(N)ncnc1NCCc1nccs1. The maximum Gasteiger partial charge on any atom is 0.203 e. The molecule has 6 nitrogen and oxygen atoms in total. The molecule has 2 aromatic rings. The zero-order valence-electron chi connectivity index (χ0n) is 9.38. The van der Waals surface area contributed by atoms with Crippen LogP contribution in [0.3, 0.4) is 0 Å². The Labute approximate surface area is 103 Å². The monoisotopic (exact) mass is 251 g/mol. The van der Waals surface area contributed by atoms with E-state index in [1.165, 1.54) is 6.33 Å². The molecule has 2 aromatic heterocycles. The van der Waals surface area contributed by atoms with E-state index in [1.54, 1.807) is 24.6 Å². The van der Waals surface area contributed by atoms with Crippen molar-refractivity contribution < 1.29 is 4.74 Å². The lowest BCUT2D eigenvalue weighted by Gasteiger charge is -2.10. The molecule has 0 saturated heterocycles. The molecule has 0 amide bonds. The minimum absolute atomic E-state index is 0.333. The van der Waals surface area contributed by atoms with Crippen molar-refractivity contribution in [3.63, 3.8) is 0 Å². The largest absolute Gasteiger partial charge is 0.490 e. The highest BCUT2D eigenvalue weighted by Gasteiger charge is 2.08. The number of aromatic nitrogens is 3. The molecule has 0 spiro atoms. The Bertz CT molecular complexity index is 474. The predicted octanol–water partition coefficient (Wildman–Crippen LogP) is 1.18. The number of rotatable bonds is 5. The zero-order chi connectivity index (χ0) is 12.1. The maximum absolute atomic E-state index is 5.67. The van der Waals surface area contributed by atoms with Crippen molar-refractivity contribution >= 4 is 23.0 Å². The molecule has 0 fully saturated rings. The Morgan fingerprint density at radius 1 is 1.41 bits per heavy atom. The van der Waals surface area contributed by atoms with Crippen LogP contribution in [-0.2, 0) is 6.42 Å². The van der Waals surface area contributed by atoms with Crippen molar-refractivity contribution in [1.82, 2.24) is 15.0 Å². The summed E-state index contributed by atoms with van der Waals surface area (Å²) in [4.78, 5) is 12.1. The summed E-state index contributed by atoms with van der Waals surface area (Å²) in [7, 11) is 1.54. The number of anilines is 2. The second-order valence-corrected chi connectivity index (χ2v) is 4.22. The van der Waals surface area contributed by atoms with Crippen molar-refractivity contribution in [2.75, 3.05) is 24.7 Å². The van der Waals surface area contributed by atoms with Crippen LogP contribution < -0.4 is 15.8 Å². The molecule has 17 heavy (non-hydrogen) atoms. The van der Waals surface area contributed by atoms with Crippen molar-refractivity contribution in [3.8, 4) is 5.75 Å². The van der Waals surface area contributed by atoms with E-state index >= 15 is 0 Å². The molecule has 2 heterocycles. The van der Waals surface area contributed by atoms with E-state index in [1.807, 2.05) is 5.38 Å². The quantitative estimate of drug-likeness (QED) is 0.830. The van der Waals surface area contributed by atoms with Gasteiger partial charge in [0.25, 0.3) is 0 Å². The fourth-order valence-corrected chi connectivity index (χ4v) is 2.00. The molecule has 2 rings (SSSR count). The van der Waals surface area contributed by atoms with E-state index in [2.05, 4.69) is 20.3 Å². The molecule has 0 aliphatic rings. The molecule has 0 saturated carbocycles. The summed E-state index contributed by atoms with van der Waals surface area (Å²) < 4.78 is 5.14. The number of hydrogen-bond acceptors (Lipinski definition) is 7. The van der Waals surface area contributed by atoms with E-state index in [-0.39, 0.29) is 0 Å². The molecule has 0 radical (unpaired) electrons. The van der Waals surface area contributed by atoms with Crippen molar-refractivity contribution in [3.05, 3.63) is 22.9 Å². The van der Waals surface area contributed by atoms with Gasteiger partial charge in [-0.1, -0.05) is 0 Å². The van der Waals surface area contributed by atoms with Gasteiger partial charge in [-0.3, -0.25) is 0 Å². The topological polar surface area (TPSA) is 86.0 Å². The van der Waals surface area contributed by atoms with Crippen LogP contribution >= 0.6 is 11.3 Å². The van der Waals surface area contributed by atoms with Gasteiger partial charge in [-0.2, -0.15) is 0 Å². The highest BCUT2D eigenvalue weighted by molar-refractivity contribution is 7.09. The predicted molar refractivity (Wildman–Crippen MR) is 67.3 cm³/mol. The number of ether oxygens (including phenoxy) is 1. The van der Waals surface area contributed by atoms with Crippen LogP contribution in [-0.4, -0.2) is 28.6 Å². The van der Waals surface area contributed by atoms with E-state index in [9.17, 15) is 0 Å². The number of nitrogens with two attached hydrogens (primary N) is 1. The smallest absolute Gasteiger partial charge is 0.203 e. The van der Waals surface area contributed by atoms with Gasteiger partial charge in [-0.25, -0.2) is 15.0 Å². The molecule has 0 aromatic carbocycles. The summed E-state index contributed by atoms with van der Waals surface area (Å²) in [6, 6.07) is 0. The molecule has 0 aliphatic carbocycles. The maximum atomic E-state index is 5.67. The van der Waals surface area contributed by atoms with Crippen molar-refractivity contribution in [2.24, 2.45) is 0 Å². The van der Waals surface area contributed by atoms with Crippen LogP contribution in [0.1, 0.15) is 5.01 Å². The molecular weight excluding hydrogens is 238 g/mol. The standard InChI is InChI=1S/C10H13N5OS/c1-16-8-9(11)14-6-15-10(8)13-3-2-7-12-4-5-17-7/h4-6H,2-3H2,1H3,(H3,11,13,14,15). The Balaban J connectivity index is 1.97. The third-order valence-corrected chi connectivity index (χ3v) is 2.99. The lowest BCUT2D eigenvalue weighted by Crippen LogP contribution is -2.09. The van der Waals surface area contributed by atoms with Gasteiger partial charge in [0.15, 0.2) is 11.6 Å². The Hall–Kier alpha value is -1.89. The van der Waals surface area contributed by atoms with Gasteiger partial charge < -0.3 is 15.8 Å². The second-order valence-electron chi connectivity index (χ2n) is 3.24. The average molecular weight is 251 g/mol. The first-order valence-corrected chi connectivity index (χ1v) is 5.96. The lowest BCUT2D eigenvalue weighted by molar-refractivity contribution is 0.415. The Kier molecular flexibility index (Phi) is 3.71. The van der Waals surface area contributed by atoms with Gasteiger partial charge in [-0.15, -0.1) is 11.3 Å². The molecule has 0 bridgehead atoms. The van der Waals surface area contributed by atoms with Crippen molar-refractivity contribution in [2.45, 2.75) is 6.42 Å². The van der Waals surface area contributed by atoms with Crippen molar-refractivity contribution in [1.29, 1.82) is 0 Å². The van der Waals surface area contributed by atoms with Crippen LogP contribution in [0.15, 0.2) is 17.9 Å². The molecule has 7 heteroatoms. The number of nitrogen functional groups attached to an aromatic ring is 1. The van der Waals surface area contributed by atoms with E-state index in [0.717, 1.165) is 18.0 Å². The van der Waals surface area contributed by atoms with Crippen LogP contribution in [0.2, 0.25) is 0 Å². The first kappa shape index (κ1) is 11.6. The summed E-state index contributed by atoms with van der Waals surface area (Å²) in [5.41, 5.74) is 5.67. The van der Waals surface area contributed by atoms with E-state index < -0.39 is 0 Å². The number of nitrogens with zero attached hydrogens (tertiary/aromatic N) is 3. The minimum atomic E-state index is 0.333. The number of nitrogens with one attached hydrogen (secondary N) is 1. The number of hydrogen-bond donors (Lipinski definition) is 2. The highest BCUT2D eigenvalue weighted by atomic mass is 32.1. The summed E-state index contributed by atoms with van der Waals surface area (Å²) in [6.45, 7) is 0.723. The summed E-state index contributed by atoms with van der Waals surface area (Å²) in [5, 5.41) is 6.19. The summed E-state index contributed by atoms with van der Waals surface area (Å²) in [5.74, 6) is 1.42.